The van der Waals surface area contributed by atoms with Crippen LogP contribution in [-0.4, -0.2) is 12.2 Å². The van der Waals surface area contributed by atoms with Crippen molar-refractivity contribution in [2.45, 2.75) is 13.0 Å². The van der Waals surface area contributed by atoms with Gasteiger partial charge < -0.3 is 4.74 Å². The van der Waals surface area contributed by atoms with Crippen LogP contribution in [0.25, 0.3) is 6.08 Å². The Morgan fingerprint density at radius 2 is 1.65 bits per heavy atom. The van der Waals surface area contributed by atoms with Gasteiger partial charge in [-0.3, -0.25) is 5.32 Å². The number of carbonyl (C=O) groups is 1. The van der Waals surface area contributed by atoms with Gasteiger partial charge in [-0.25, -0.2) is 4.79 Å². The molecule has 20 heavy (non-hydrogen) atoms. The van der Waals surface area contributed by atoms with Crippen molar-refractivity contribution in [3.05, 3.63) is 72.3 Å². The van der Waals surface area contributed by atoms with E-state index >= 15 is 0 Å². The van der Waals surface area contributed by atoms with Gasteiger partial charge in [0.25, 0.3) is 0 Å². The van der Waals surface area contributed by atoms with Crippen molar-refractivity contribution in [2.75, 3.05) is 5.32 Å². The minimum Gasteiger partial charge on any atom is -0.442 e. The number of hydrogen-bond acceptors (Lipinski definition) is 2. The lowest BCUT2D eigenvalue weighted by atomic mass is 10.2. The molecule has 2 aromatic carbocycles. The molecule has 0 aromatic heterocycles. The molecule has 0 heterocycles. The number of amides is 1. The summed E-state index contributed by atoms with van der Waals surface area (Å²) in [4.78, 5) is 11.7. The maximum atomic E-state index is 11.7. The third kappa shape index (κ3) is 4.61. The first-order valence-corrected chi connectivity index (χ1v) is 6.50. The van der Waals surface area contributed by atoms with Crippen LogP contribution in [-0.2, 0) is 4.74 Å². The monoisotopic (exact) mass is 267 g/mol. The van der Waals surface area contributed by atoms with E-state index in [9.17, 15) is 4.79 Å². The summed E-state index contributed by atoms with van der Waals surface area (Å²) in [5, 5.41) is 2.68. The summed E-state index contributed by atoms with van der Waals surface area (Å²) < 4.78 is 5.24. The van der Waals surface area contributed by atoms with Crippen LogP contribution < -0.4 is 5.32 Å². The number of anilines is 1. The zero-order valence-corrected chi connectivity index (χ0v) is 11.3. The summed E-state index contributed by atoms with van der Waals surface area (Å²) in [5.74, 6) is 0. The van der Waals surface area contributed by atoms with E-state index < -0.39 is 6.09 Å². The molecule has 0 saturated carbocycles. The van der Waals surface area contributed by atoms with Crippen LogP contribution in [0.2, 0.25) is 0 Å². The van der Waals surface area contributed by atoms with Gasteiger partial charge in [0.05, 0.1) is 0 Å². The number of rotatable bonds is 4. The third-order valence-electron chi connectivity index (χ3n) is 2.67. The fourth-order valence-electron chi connectivity index (χ4n) is 1.69. The molecule has 0 radical (unpaired) electrons. The quantitative estimate of drug-likeness (QED) is 0.895. The van der Waals surface area contributed by atoms with E-state index in [0.717, 1.165) is 11.3 Å². The normalized spacial score (nSPS) is 12.1. The standard InChI is InChI=1S/C17H17NO2/c1-14(12-13-15-8-4-2-5-9-15)20-17(19)18-16-10-6-3-7-11-16/h2-14H,1H3,(H,18,19)/b13-12+. The van der Waals surface area contributed by atoms with Crippen molar-refractivity contribution < 1.29 is 9.53 Å². The summed E-state index contributed by atoms with van der Waals surface area (Å²) in [7, 11) is 0. The van der Waals surface area contributed by atoms with Crippen LogP contribution >= 0.6 is 0 Å². The molecule has 3 heteroatoms. The molecule has 1 atom stereocenters. The van der Waals surface area contributed by atoms with Gasteiger partial charge in [-0.2, -0.15) is 0 Å². The van der Waals surface area contributed by atoms with E-state index in [4.69, 9.17) is 4.74 Å². The first-order valence-electron chi connectivity index (χ1n) is 6.50. The summed E-state index contributed by atoms with van der Waals surface area (Å²) in [5.41, 5.74) is 1.79. The second-order valence-corrected chi connectivity index (χ2v) is 4.37. The van der Waals surface area contributed by atoms with Gasteiger partial charge in [0.2, 0.25) is 0 Å². The topological polar surface area (TPSA) is 38.3 Å². The van der Waals surface area contributed by atoms with Gasteiger partial charge in [0.1, 0.15) is 6.10 Å². The molecule has 0 saturated heterocycles. The average molecular weight is 267 g/mol. The predicted octanol–water partition coefficient (Wildman–Crippen LogP) is 4.34. The molecule has 0 aliphatic carbocycles. The Morgan fingerprint density at radius 1 is 1.05 bits per heavy atom. The summed E-state index contributed by atoms with van der Waals surface area (Å²) in [6.07, 6.45) is 3.03. The smallest absolute Gasteiger partial charge is 0.412 e. The number of hydrogen-bond donors (Lipinski definition) is 1. The van der Waals surface area contributed by atoms with Crippen LogP contribution in [0.15, 0.2) is 66.7 Å². The molecule has 0 aliphatic heterocycles. The second kappa shape index (κ2) is 7.14. The molecule has 0 bridgehead atoms. The summed E-state index contributed by atoms with van der Waals surface area (Å²) in [6.45, 7) is 1.82. The lowest BCUT2D eigenvalue weighted by molar-refractivity contribution is 0.142. The highest BCUT2D eigenvalue weighted by Crippen LogP contribution is 2.07. The second-order valence-electron chi connectivity index (χ2n) is 4.37. The molecule has 102 valence electrons. The molecular weight excluding hydrogens is 250 g/mol. The zero-order valence-electron chi connectivity index (χ0n) is 11.3. The highest BCUT2D eigenvalue weighted by molar-refractivity contribution is 5.84. The fourth-order valence-corrected chi connectivity index (χ4v) is 1.69. The van der Waals surface area contributed by atoms with E-state index in [2.05, 4.69) is 5.32 Å². The maximum absolute atomic E-state index is 11.7. The number of benzene rings is 2. The number of para-hydroxylation sites is 1. The average Bonchev–Trinajstić information content (AvgIpc) is 2.47. The minimum atomic E-state index is -0.457. The lowest BCUT2D eigenvalue weighted by Crippen LogP contribution is -2.18. The minimum absolute atomic E-state index is 0.293. The molecule has 1 N–H and O–H groups in total. The van der Waals surface area contributed by atoms with E-state index in [1.165, 1.54) is 0 Å². The first-order chi connectivity index (χ1) is 9.74. The van der Waals surface area contributed by atoms with Gasteiger partial charge >= 0.3 is 6.09 Å². The molecule has 0 aliphatic rings. The molecule has 0 fully saturated rings. The van der Waals surface area contributed by atoms with E-state index in [-0.39, 0.29) is 6.10 Å². The predicted molar refractivity (Wildman–Crippen MR) is 81.5 cm³/mol. The van der Waals surface area contributed by atoms with Crippen LogP contribution in [0.4, 0.5) is 10.5 Å². The number of nitrogens with one attached hydrogen (secondary N) is 1. The van der Waals surface area contributed by atoms with Crippen LogP contribution in [0.1, 0.15) is 12.5 Å². The SMILES string of the molecule is CC(/C=C/c1ccccc1)OC(=O)Nc1ccccc1. The van der Waals surface area contributed by atoms with Gasteiger partial charge in [0, 0.05) is 5.69 Å². The van der Waals surface area contributed by atoms with Gasteiger partial charge in [0.15, 0.2) is 0 Å². The highest BCUT2D eigenvalue weighted by atomic mass is 16.6. The van der Waals surface area contributed by atoms with E-state index in [1.807, 2.05) is 79.7 Å². The Kier molecular flexibility index (Phi) is 4.95. The van der Waals surface area contributed by atoms with Gasteiger partial charge in [-0.1, -0.05) is 54.6 Å². The fraction of sp³-hybridized carbons (Fsp3) is 0.118. The Bertz CT molecular complexity index is 564. The molecule has 3 nitrogen and oxygen atoms in total. The van der Waals surface area contributed by atoms with Crippen molar-refractivity contribution in [2.24, 2.45) is 0 Å². The van der Waals surface area contributed by atoms with E-state index in [1.54, 1.807) is 0 Å². The van der Waals surface area contributed by atoms with Gasteiger partial charge in [-0.05, 0) is 30.7 Å². The molecule has 1 unspecified atom stereocenters. The Hall–Kier alpha value is -2.55. The summed E-state index contributed by atoms with van der Waals surface area (Å²) in [6, 6.07) is 19.1. The van der Waals surface area contributed by atoms with Crippen LogP contribution in [0, 0.1) is 0 Å². The Morgan fingerprint density at radius 3 is 2.30 bits per heavy atom. The third-order valence-corrected chi connectivity index (χ3v) is 2.67. The molecular formula is C17H17NO2. The molecule has 0 spiro atoms. The van der Waals surface area contributed by atoms with Crippen molar-refractivity contribution in [3.63, 3.8) is 0 Å². The largest absolute Gasteiger partial charge is 0.442 e. The highest BCUT2D eigenvalue weighted by Gasteiger charge is 2.06. The lowest BCUT2D eigenvalue weighted by Gasteiger charge is -2.10. The number of ether oxygens (including phenoxy) is 1. The van der Waals surface area contributed by atoms with Crippen LogP contribution in [0.3, 0.4) is 0 Å². The molecule has 1 amide bonds. The first kappa shape index (κ1) is 13.9. The van der Waals surface area contributed by atoms with Crippen LogP contribution in [0.5, 0.6) is 0 Å². The van der Waals surface area contributed by atoms with Crippen molar-refractivity contribution in [1.29, 1.82) is 0 Å². The zero-order chi connectivity index (χ0) is 14.2. The van der Waals surface area contributed by atoms with Crippen molar-refractivity contribution >= 4 is 17.9 Å². The molecule has 2 rings (SSSR count). The summed E-state index contributed by atoms with van der Waals surface area (Å²) >= 11 is 0. The van der Waals surface area contributed by atoms with Gasteiger partial charge in [-0.15, -0.1) is 0 Å². The van der Waals surface area contributed by atoms with E-state index in [0.29, 0.717) is 0 Å². The number of carbonyl (C=O) groups excluding carboxylic acids is 1. The Balaban J connectivity index is 1.84. The maximum Gasteiger partial charge on any atom is 0.412 e. The molecule has 2 aromatic rings. The van der Waals surface area contributed by atoms with Crippen molar-refractivity contribution in [3.8, 4) is 0 Å². The van der Waals surface area contributed by atoms with Crippen molar-refractivity contribution in [1.82, 2.24) is 0 Å². The Labute approximate surface area is 118 Å².